The van der Waals surface area contributed by atoms with Gasteiger partial charge in [0.05, 0.1) is 5.69 Å². The standard InChI is InChI=1S/C11H17ClN4/c12-11-5-4-10(15-16-11)8-13-7-9-3-1-2-6-14-9/h4-5,9,13-14H,1-3,6-8H2/t9-/m1/s1. The van der Waals surface area contributed by atoms with Crippen molar-refractivity contribution in [3.63, 3.8) is 0 Å². The molecule has 1 aromatic rings. The van der Waals surface area contributed by atoms with Crippen LogP contribution in [0.1, 0.15) is 25.0 Å². The summed E-state index contributed by atoms with van der Waals surface area (Å²) < 4.78 is 0. The van der Waals surface area contributed by atoms with Gasteiger partial charge < -0.3 is 10.6 Å². The smallest absolute Gasteiger partial charge is 0.151 e. The molecule has 0 radical (unpaired) electrons. The molecule has 1 saturated heterocycles. The first kappa shape index (κ1) is 11.8. The first-order valence-corrected chi connectivity index (χ1v) is 6.14. The quantitative estimate of drug-likeness (QED) is 0.835. The van der Waals surface area contributed by atoms with Crippen molar-refractivity contribution in [3.8, 4) is 0 Å². The molecular weight excluding hydrogens is 224 g/mol. The second kappa shape index (κ2) is 6.13. The fourth-order valence-electron chi connectivity index (χ4n) is 1.91. The molecule has 0 bridgehead atoms. The van der Waals surface area contributed by atoms with Crippen molar-refractivity contribution >= 4 is 11.6 Å². The molecule has 1 aliphatic rings. The predicted molar refractivity (Wildman–Crippen MR) is 64.4 cm³/mol. The molecule has 0 amide bonds. The molecule has 1 atom stereocenters. The van der Waals surface area contributed by atoms with E-state index in [1.54, 1.807) is 6.07 Å². The Labute approximate surface area is 101 Å². The molecular formula is C11H17ClN4. The van der Waals surface area contributed by atoms with E-state index in [-0.39, 0.29) is 0 Å². The minimum Gasteiger partial charge on any atom is -0.313 e. The molecule has 1 aromatic heterocycles. The Balaban J connectivity index is 1.69. The Hall–Kier alpha value is -0.710. The molecule has 1 fully saturated rings. The molecule has 0 saturated carbocycles. The van der Waals surface area contributed by atoms with E-state index in [9.17, 15) is 0 Å². The summed E-state index contributed by atoms with van der Waals surface area (Å²) in [6.07, 6.45) is 3.90. The van der Waals surface area contributed by atoms with E-state index in [1.165, 1.54) is 19.3 Å². The number of halogens is 1. The van der Waals surface area contributed by atoms with Crippen LogP contribution in [0.25, 0.3) is 0 Å². The number of rotatable bonds is 4. The van der Waals surface area contributed by atoms with Gasteiger partial charge in [0.2, 0.25) is 0 Å². The van der Waals surface area contributed by atoms with Crippen LogP contribution in [0.4, 0.5) is 0 Å². The molecule has 2 N–H and O–H groups in total. The first-order chi connectivity index (χ1) is 7.84. The van der Waals surface area contributed by atoms with Crippen molar-refractivity contribution in [1.82, 2.24) is 20.8 Å². The molecule has 0 aliphatic carbocycles. The van der Waals surface area contributed by atoms with Gasteiger partial charge in [0.25, 0.3) is 0 Å². The van der Waals surface area contributed by atoms with Crippen LogP contribution >= 0.6 is 11.6 Å². The van der Waals surface area contributed by atoms with Gasteiger partial charge in [-0.2, -0.15) is 5.10 Å². The maximum Gasteiger partial charge on any atom is 0.151 e. The predicted octanol–water partition coefficient (Wildman–Crippen LogP) is 1.36. The van der Waals surface area contributed by atoms with Crippen molar-refractivity contribution < 1.29 is 0 Å². The summed E-state index contributed by atoms with van der Waals surface area (Å²) in [7, 11) is 0. The van der Waals surface area contributed by atoms with Crippen molar-refractivity contribution in [3.05, 3.63) is 23.0 Å². The zero-order valence-corrected chi connectivity index (χ0v) is 10.0. The fourth-order valence-corrected chi connectivity index (χ4v) is 2.01. The van der Waals surface area contributed by atoms with Crippen LogP contribution < -0.4 is 10.6 Å². The van der Waals surface area contributed by atoms with E-state index in [4.69, 9.17) is 11.6 Å². The summed E-state index contributed by atoms with van der Waals surface area (Å²) in [6.45, 7) is 2.89. The van der Waals surface area contributed by atoms with Crippen molar-refractivity contribution in [1.29, 1.82) is 0 Å². The molecule has 4 nitrogen and oxygen atoms in total. The van der Waals surface area contributed by atoms with Crippen LogP contribution in [-0.2, 0) is 6.54 Å². The highest BCUT2D eigenvalue weighted by Crippen LogP contribution is 2.06. The molecule has 16 heavy (non-hydrogen) atoms. The molecule has 0 unspecified atom stereocenters. The molecule has 1 aliphatic heterocycles. The summed E-state index contributed by atoms with van der Waals surface area (Å²) in [6, 6.07) is 4.27. The minimum absolute atomic E-state index is 0.442. The van der Waals surface area contributed by atoms with Crippen molar-refractivity contribution in [2.24, 2.45) is 0 Å². The van der Waals surface area contributed by atoms with Gasteiger partial charge in [-0.15, -0.1) is 5.10 Å². The highest BCUT2D eigenvalue weighted by Gasteiger charge is 2.11. The first-order valence-electron chi connectivity index (χ1n) is 5.77. The Bertz CT molecular complexity index is 308. The summed E-state index contributed by atoms with van der Waals surface area (Å²) in [5.74, 6) is 0. The largest absolute Gasteiger partial charge is 0.313 e. The third-order valence-electron chi connectivity index (χ3n) is 2.80. The van der Waals surface area contributed by atoms with Crippen LogP contribution in [0.2, 0.25) is 5.15 Å². The molecule has 2 rings (SSSR count). The van der Waals surface area contributed by atoms with Gasteiger partial charge in [0.15, 0.2) is 5.15 Å². The van der Waals surface area contributed by atoms with Gasteiger partial charge in [0.1, 0.15) is 0 Å². The number of nitrogens with zero attached hydrogens (tertiary/aromatic N) is 2. The normalized spacial score (nSPS) is 20.9. The van der Waals surface area contributed by atoms with Gasteiger partial charge in [0, 0.05) is 19.1 Å². The van der Waals surface area contributed by atoms with E-state index >= 15 is 0 Å². The van der Waals surface area contributed by atoms with Crippen molar-refractivity contribution in [2.45, 2.75) is 31.8 Å². The molecule has 5 heteroatoms. The van der Waals surface area contributed by atoms with E-state index in [0.29, 0.717) is 11.2 Å². The summed E-state index contributed by atoms with van der Waals surface area (Å²) in [4.78, 5) is 0. The number of aromatic nitrogens is 2. The fraction of sp³-hybridized carbons (Fsp3) is 0.636. The van der Waals surface area contributed by atoms with E-state index in [1.807, 2.05) is 6.07 Å². The van der Waals surface area contributed by atoms with Crippen LogP contribution in [0.3, 0.4) is 0 Å². The zero-order chi connectivity index (χ0) is 11.2. The third kappa shape index (κ3) is 3.70. The number of piperidine rings is 1. The number of nitrogens with one attached hydrogen (secondary N) is 2. The minimum atomic E-state index is 0.442. The number of hydrogen-bond acceptors (Lipinski definition) is 4. The van der Waals surface area contributed by atoms with E-state index < -0.39 is 0 Å². The zero-order valence-electron chi connectivity index (χ0n) is 9.25. The van der Waals surface area contributed by atoms with Crippen LogP contribution in [0, 0.1) is 0 Å². The van der Waals surface area contributed by atoms with Crippen molar-refractivity contribution in [2.75, 3.05) is 13.1 Å². The van der Waals surface area contributed by atoms with E-state index in [2.05, 4.69) is 20.8 Å². The van der Waals surface area contributed by atoms with Gasteiger partial charge in [-0.3, -0.25) is 0 Å². The molecule has 88 valence electrons. The lowest BCUT2D eigenvalue weighted by molar-refractivity contribution is 0.382. The van der Waals surface area contributed by atoms with Gasteiger partial charge in [-0.25, -0.2) is 0 Å². The van der Waals surface area contributed by atoms with Gasteiger partial charge >= 0.3 is 0 Å². The lowest BCUT2D eigenvalue weighted by Gasteiger charge is -2.23. The second-order valence-electron chi connectivity index (χ2n) is 4.13. The Kier molecular flexibility index (Phi) is 4.51. The summed E-state index contributed by atoms with van der Waals surface area (Å²) in [5, 5.41) is 15.1. The Morgan fingerprint density at radius 1 is 1.38 bits per heavy atom. The average Bonchev–Trinajstić information content (AvgIpc) is 2.33. The number of hydrogen-bond donors (Lipinski definition) is 2. The van der Waals surface area contributed by atoms with E-state index in [0.717, 1.165) is 25.3 Å². The third-order valence-corrected chi connectivity index (χ3v) is 3.00. The molecule has 0 spiro atoms. The SMILES string of the molecule is Clc1ccc(CNC[C@H]2CCCCN2)nn1. The van der Waals surface area contributed by atoms with Gasteiger partial charge in [-0.05, 0) is 31.5 Å². The topological polar surface area (TPSA) is 49.8 Å². The summed E-state index contributed by atoms with van der Waals surface area (Å²) >= 11 is 5.66. The Morgan fingerprint density at radius 2 is 2.31 bits per heavy atom. The lowest BCUT2D eigenvalue weighted by atomic mass is 10.1. The summed E-state index contributed by atoms with van der Waals surface area (Å²) in [5.41, 5.74) is 0.931. The second-order valence-corrected chi connectivity index (χ2v) is 4.51. The monoisotopic (exact) mass is 240 g/mol. The highest BCUT2D eigenvalue weighted by atomic mass is 35.5. The molecule has 0 aromatic carbocycles. The van der Waals surface area contributed by atoms with Crippen LogP contribution in [0.15, 0.2) is 12.1 Å². The lowest BCUT2D eigenvalue weighted by Crippen LogP contribution is -2.41. The highest BCUT2D eigenvalue weighted by molar-refractivity contribution is 6.29. The maximum absolute atomic E-state index is 5.66. The van der Waals surface area contributed by atoms with Gasteiger partial charge in [-0.1, -0.05) is 18.0 Å². The van der Waals surface area contributed by atoms with Crippen LogP contribution in [0.5, 0.6) is 0 Å². The molecule has 2 heterocycles. The Morgan fingerprint density at radius 3 is 3.00 bits per heavy atom. The van der Waals surface area contributed by atoms with Crippen LogP contribution in [-0.4, -0.2) is 29.3 Å². The maximum atomic E-state index is 5.66. The average molecular weight is 241 g/mol.